The fourth-order valence-electron chi connectivity index (χ4n) is 6.47. The maximum absolute atomic E-state index is 10.5. The predicted octanol–water partition coefficient (Wildman–Crippen LogP) is 7.15. The zero-order valence-electron chi connectivity index (χ0n) is 32.3. The number of carboxylic acid groups (broad SMARTS) is 1. The van der Waals surface area contributed by atoms with Crippen molar-refractivity contribution >= 4 is 17.3 Å². The van der Waals surface area contributed by atoms with Gasteiger partial charge in [-0.25, -0.2) is 4.98 Å². The van der Waals surface area contributed by atoms with Gasteiger partial charge in [-0.2, -0.15) is 5.10 Å². The van der Waals surface area contributed by atoms with E-state index < -0.39 is 5.97 Å². The first-order valence-corrected chi connectivity index (χ1v) is 19.8. The Morgan fingerprint density at radius 3 is 2.13 bits per heavy atom. The maximum atomic E-state index is 10.5. The van der Waals surface area contributed by atoms with Crippen LogP contribution in [0.5, 0.6) is 5.75 Å². The Kier molecular flexibility index (Phi) is 17.7. The highest BCUT2D eigenvalue weighted by atomic mass is 16.5. The van der Waals surface area contributed by atoms with Crippen LogP contribution in [0, 0.1) is 0 Å². The number of carboxylic acids is 1. The summed E-state index contributed by atoms with van der Waals surface area (Å²) in [6, 6.07) is 20.6. The van der Waals surface area contributed by atoms with Crippen LogP contribution in [0.1, 0.15) is 75.6 Å². The lowest BCUT2D eigenvalue weighted by molar-refractivity contribution is -0.137. The number of hydrogen-bond donors (Lipinski definition) is 4. The minimum absolute atomic E-state index is 0.229. The van der Waals surface area contributed by atoms with E-state index in [-0.39, 0.29) is 12.0 Å². The first-order chi connectivity index (χ1) is 27.0. The topological polar surface area (TPSA) is 156 Å². The number of likely N-dealkylation sites (tertiary alicyclic amines) is 1. The van der Waals surface area contributed by atoms with Crippen molar-refractivity contribution in [1.29, 1.82) is 0 Å². The largest absolute Gasteiger partial charge is 0.494 e. The Morgan fingerprint density at radius 2 is 1.44 bits per heavy atom. The molecule has 2 aromatic heterocycles. The Labute approximate surface area is 325 Å². The summed E-state index contributed by atoms with van der Waals surface area (Å²) in [4.78, 5) is 21.9. The molecule has 298 valence electrons. The van der Waals surface area contributed by atoms with Crippen LogP contribution in [0.15, 0.2) is 73.1 Å². The van der Waals surface area contributed by atoms with Crippen LogP contribution in [-0.2, 0) is 31.1 Å². The smallest absolute Gasteiger partial charge is 0.303 e. The monoisotopic (exact) mass is 757 g/mol. The SMILES string of the molecule is CN1CCC(Nc2cccc(NCc3ccc(OCCCCCCOCCOCCOCCCCCC(=O)O)cc3)c2)(c2nc(-c3ccncc3)n[nH]2)CC1. The molecule has 4 aromatic rings. The molecule has 1 aliphatic heterocycles. The Bertz CT molecular complexity index is 1650. The fraction of sp³-hybridized carbons (Fsp3) is 0.524. The van der Waals surface area contributed by atoms with Crippen LogP contribution in [0.2, 0.25) is 0 Å². The van der Waals surface area contributed by atoms with Crippen LogP contribution >= 0.6 is 0 Å². The molecule has 1 fully saturated rings. The van der Waals surface area contributed by atoms with E-state index in [1.807, 2.05) is 24.3 Å². The molecule has 0 aliphatic carbocycles. The highest BCUT2D eigenvalue weighted by Crippen LogP contribution is 2.36. The number of benzene rings is 2. The Hall–Kier alpha value is -4.56. The van der Waals surface area contributed by atoms with E-state index in [4.69, 9.17) is 29.0 Å². The van der Waals surface area contributed by atoms with Gasteiger partial charge in [0.1, 0.15) is 5.75 Å². The summed E-state index contributed by atoms with van der Waals surface area (Å²) in [5.41, 5.74) is 3.86. The number of aromatic amines is 1. The molecule has 13 heteroatoms. The molecule has 13 nitrogen and oxygen atoms in total. The molecule has 0 atom stereocenters. The number of H-pyrrole nitrogens is 1. The van der Waals surface area contributed by atoms with Crippen LogP contribution < -0.4 is 15.4 Å². The second-order valence-corrected chi connectivity index (χ2v) is 14.1. The van der Waals surface area contributed by atoms with Crippen molar-refractivity contribution in [2.75, 3.05) is 77.0 Å². The number of pyridine rings is 1. The van der Waals surface area contributed by atoms with Gasteiger partial charge in [-0.15, -0.1) is 0 Å². The van der Waals surface area contributed by atoms with Crippen LogP contribution in [-0.4, -0.2) is 103 Å². The number of aromatic nitrogens is 4. The van der Waals surface area contributed by atoms with E-state index in [1.54, 1.807) is 12.4 Å². The predicted molar refractivity (Wildman–Crippen MR) is 214 cm³/mol. The minimum atomic E-state index is -0.739. The van der Waals surface area contributed by atoms with Crippen molar-refractivity contribution in [2.45, 2.75) is 76.3 Å². The molecule has 2 aromatic carbocycles. The van der Waals surface area contributed by atoms with Gasteiger partial charge < -0.3 is 39.6 Å². The number of unbranched alkanes of at least 4 members (excludes halogenated alkanes) is 5. The van der Waals surface area contributed by atoms with Crippen molar-refractivity contribution in [3.63, 3.8) is 0 Å². The quantitative estimate of drug-likeness (QED) is 0.0457. The Morgan fingerprint density at radius 1 is 0.800 bits per heavy atom. The van der Waals surface area contributed by atoms with E-state index in [9.17, 15) is 4.79 Å². The van der Waals surface area contributed by atoms with Gasteiger partial charge in [0.15, 0.2) is 11.6 Å². The summed E-state index contributed by atoms with van der Waals surface area (Å²) >= 11 is 0. The van der Waals surface area contributed by atoms with Gasteiger partial charge in [0.25, 0.3) is 0 Å². The van der Waals surface area contributed by atoms with Crippen molar-refractivity contribution in [3.05, 3.63) is 84.4 Å². The Balaban J connectivity index is 0.924. The number of aliphatic carboxylic acids is 1. The van der Waals surface area contributed by atoms with Gasteiger partial charge in [0.2, 0.25) is 0 Å². The summed E-state index contributed by atoms with van der Waals surface area (Å²) in [6.07, 6.45) is 12.3. The molecular weight excluding hydrogens is 699 g/mol. The lowest BCUT2D eigenvalue weighted by Gasteiger charge is -2.40. The number of nitrogens with zero attached hydrogens (tertiary/aromatic N) is 4. The lowest BCUT2D eigenvalue weighted by Crippen LogP contribution is -2.46. The number of piperidine rings is 1. The van der Waals surface area contributed by atoms with Crippen molar-refractivity contribution < 1.29 is 28.8 Å². The summed E-state index contributed by atoms with van der Waals surface area (Å²) in [5, 5.41) is 23.9. The van der Waals surface area contributed by atoms with Crippen molar-refractivity contribution in [2.24, 2.45) is 0 Å². The summed E-state index contributed by atoms with van der Waals surface area (Å²) in [7, 11) is 2.16. The summed E-state index contributed by atoms with van der Waals surface area (Å²) in [5.74, 6) is 1.69. The molecule has 5 rings (SSSR count). The summed E-state index contributed by atoms with van der Waals surface area (Å²) < 4.78 is 22.7. The van der Waals surface area contributed by atoms with E-state index in [0.29, 0.717) is 58.4 Å². The van der Waals surface area contributed by atoms with Crippen LogP contribution in [0.4, 0.5) is 11.4 Å². The molecule has 3 heterocycles. The van der Waals surface area contributed by atoms with E-state index in [0.717, 1.165) is 99.6 Å². The molecule has 0 unspecified atom stereocenters. The third kappa shape index (κ3) is 14.9. The normalized spacial score (nSPS) is 14.1. The lowest BCUT2D eigenvalue weighted by atomic mass is 9.86. The third-order valence-corrected chi connectivity index (χ3v) is 9.76. The molecule has 4 N–H and O–H groups in total. The number of hydrogen-bond acceptors (Lipinski definition) is 11. The maximum Gasteiger partial charge on any atom is 0.303 e. The molecule has 0 amide bonds. The van der Waals surface area contributed by atoms with Gasteiger partial charge in [0, 0.05) is 68.6 Å². The fourth-order valence-corrected chi connectivity index (χ4v) is 6.47. The number of anilines is 2. The van der Waals surface area contributed by atoms with Crippen LogP contribution in [0.3, 0.4) is 0 Å². The standard InChI is InChI=1S/C42H59N7O6/c1-49-23-19-42(20-24-49,41-45-40(47-48-41)35-17-21-43-22-18-35)46-37-11-9-10-36(32-37)44-33-34-13-15-38(16-14-34)55-27-8-3-2-6-25-52-28-30-54-31-29-53-26-7-4-5-12-39(50)51/h9-11,13-18,21-22,32,44,46H,2-8,12,19-20,23-31,33H2,1H3,(H,50,51)(H,45,47,48). The van der Waals surface area contributed by atoms with Crippen molar-refractivity contribution in [3.8, 4) is 17.1 Å². The van der Waals surface area contributed by atoms with Crippen molar-refractivity contribution in [1.82, 2.24) is 25.1 Å². The third-order valence-electron chi connectivity index (χ3n) is 9.76. The highest BCUT2D eigenvalue weighted by molar-refractivity contribution is 5.66. The second kappa shape index (κ2) is 23.4. The molecular formula is C42H59N7O6. The molecule has 1 aliphatic rings. The molecule has 1 saturated heterocycles. The molecule has 0 spiro atoms. The summed E-state index contributed by atoms with van der Waals surface area (Å²) in [6.45, 7) is 6.97. The van der Waals surface area contributed by atoms with E-state index in [1.165, 1.54) is 5.56 Å². The first kappa shape index (κ1) is 41.6. The van der Waals surface area contributed by atoms with Gasteiger partial charge in [-0.1, -0.05) is 31.0 Å². The minimum Gasteiger partial charge on any atom is -0.494 e. The number of rotatable bonds is 27. The number of ether oxygens (including phenoxy) is 4. The number of nitrogens with one attached hydrogen (secondary N) is 3. The first-order valence-electron chi connectivity index (χ1n) is 19.8. The molecule has 0 radical (unpaired) electrons. The van der Waals surface area contributed by atoms with Gasteiger partial charge in [-0.3, -0.25) is 14.9 Å². The second-order valence-electron chi connectivity index (χ2n) is 14.1. The average molecular weight is 758 g/mol. The zero-order valence-corrected chi connectivity index (χ0v) is 32.3. The highest BCUT2D eigenvalue weighted by Gasteiger charge is 2.38. The molecule has 55 heavy (non-hydrogen) atoms. The molecule has 0 saturated carbocycles. The van der Waals surface area contributed by atoms with E-state index >= 15 is 0 Å². The van der Waals surface area contributed by atoms with Gasteiger partial charge in [0.05, 0.1) is 38.6 Å². The average Bonchev–Trinajstić information content (AvgIpc) is 3.71. The number of carbonyl (C=O) groups is 1. The van der Waals surface area contributed by atoms with Gasteiger partial charge >= 0.3 is 5.97 Å². The van der Waals surface area contributed by atoms with Gasteiger partial charge in [-0.05, 0) is 100 Å². The molecule has 0 bridgehead atoms. The zero-order chi connectivity index (χ0) is 38.4. The van der Waals surface area contributed by atoms with E-state index in [2.05, 4.69) is 74.2 Å². The van der Waals surface area contributed by atoms with Crippen LogP contribution in [0.25, 0.3) is 11.4 Å².